The lowest BCUT2D eigenvalue weighted by atomic mass is 10.00. The van der Waals surface area contributed by atoms with Crippen LogP contribution < -0.4 is 4.90 Å². The molecule has 0 bridgehead atoms. The number of amides is 2. The molecule has 7 nitrogen and oxygen atoms in total. The highest BCUT2D eigenvalue weighted by Gasteiger charge is 2.52. The zero-order valence-corrected chi connectivity index (χ0v) is 14.9. The maximum Gasteiger partial charge on any atom is 0.235 e. The highest BCUT2D eigenvalue weighted by molar-refractivity contribution is 6.06. The zero-order valence-electron chi connectivity index (χ0n) is 14.9. The van der Waals surface area contributed by atoms with Crippen molar-refractivity contribution in [3.05, 3.63) is 54.0 Å². The second kappa shape index (κ2) is 5.90. The topological polar surface area (TPSA) is 82.2 Å². The van der Waals surface area contributed by atoms with Gasteiger partial charge in [0, 0.05) is 18.8 Å². The SMILES string of the molecule is Cc1cc2ncnc(N3CC4C(=O)N(Cc5ccccc5)C(=O)C4C3)c2[nH]1. The number of nitrogens with zero attached hydrogens (tertiary/aromatic N) is 4. The Balaban J connectivity index is 1.40. The summed E-state index contributed by atoms with van der Waals surface area (Å²) in [6, 6.07) is 11.6. The number of hydrogen-bond acceptors (Lipinski definition) is 5. The first-order valence-corrected chi connectivity index (χ1v) is 9.06. The molecule has 0 radical (unpaired) electrons. The number of aryl methyl sites for hydroxylation is 1. The monoisotopic (exact) mass is 361 g/mol. The molecule has 2 aromatic heterocycles. The van der Waals surface area contributed by atoms with E-state index in [1.807, 2.05) is 48.2 Å². The second-order valence-corrected chi connectivity index (χ2v) is 7.28. The van der Waals surface area contributed by atoms with E-state index >= 15 is 0 Å². The molecule has 0 saturated carbocycles. The number of H-pyrrole nitrogens is 1. The number of nitrogens with one attached hydrogen (secondary N) is 1. The number of likely N-dealkylation sites (tertiary alicyclic amines) is 1. The number of fused-ring (bicyclic) bond motifs is 2. The second-order valence-electron chi connectivity index (χ2n) is 7.28. The van der Waals surface area contributed by atoms with Gasteiger partial charge in [0.1, 0.15) is 11.8 Å². The summed E-state index contributed by atoms with van der Waals surface area (Å²) in [5.74, 6) is -0.00378. The highest BCUT2D eigenvalue weighted by atomic mass is 16.2. The van der Waals surface area contributed by atoms with Gasteiger partial charge in [-0.05, 0) is 18.6 Å². The lowest BCUT2D eigenvalue weighted by Gasteiger charge is -2.21. The number of carbonyl (C=O) groups is 2. The molecule has 2 saturated heterocycles. The molecule has 3 aromatic rings. The average Bonchev–Trinajstić information content (AvgIpc) is 3.33. The third-order valence-corrected chi connectivity index (χ3v) is 5.50. The van der Waals surface area contributed by atoms with E-state index in [0.29, 0.717) is 19.6 Å². The predicted molar refractivity (Wildman–Crippen MR) is 99.8 cm³/mol. The molecule has 0 spiro atoms. The third kappa shape index (κ3) is 2.50. The van der Waals surface area contributed by atoms with Crippen LogP contribution in [0.2, 0.25) is 0 Å². The van der Waals surface area contributed by atoms with Crippen LogP contribution in [0.1, 0.15) is 11.3 Å². The Labute approximate surface area is 156 Å². The summed E-state index contributed by atoms with van der Waals surface area (Å²) in [5, 5.41) is 0. The van der Waals surface area contributed by atoms with Crippen LogP contribution in [0, 0.1) is 18.8 Å². The van der Waals surface area contributed by atoms with Crippen LogP contribution in [0.5, 0.6) is 0 Å². The minimum absolute atomic E-state index is 0.0793. The number of benzene rings is 1. The number of imide groups is 1. The Bertz CT molecular complexity index is 1020. The third-order valence-electron chi connectivity index (χ3n) is 5.50. The lowest BCUT2D eigenvalue weighted by Crippen LogP contribution is -2.36. The van der Waals surface area contributed by atoms with Crippen molar-refractivity contribution in [1.29, 1.82) is 0 Å². The molecule has 0 aliphatic carbocycles. The molecular weight excluding hydrogens is 342 g/mol. The molecule has 1 aromatic carbocycles. The van der Waals surface area contributed by atoms with Crippen molar-refractivity contribution in [1.82, 2.24) is 19.9 Å². The Morgan fingerprint density at radius 3 is 2.48 bits per heavy atom. The van der Waals surface area contributed by atoms with Gasteiger partial charge in [0.25, 0.3) is 0 Å². The van der Waals surface area contributed by atoms with Gasteiger partial charge < -0.3 is 9.88 Å². The molecule has 27 heavy (non-hydrogen) atoms. The molecular formula is C20H19N5O2. The largest absolute Gasteiger partial charge is 0.354 e. The Morgan fingerprint density at radius 1 is 1.07 bits per heavy atom. The van der Waals surface area contributed by atoms with E-state index in [-0.39, 0.29) is 23.7 Å². The van der Waals surface area contributed by atoms with E-state index in [1.54, 1.807) is 0 Å². The fourth-order valence-corrected chi connectivity index (χ4v) is 4.20. The molecule has 2 atom stereocenters. The first kappa shape index (κ1) is 16.0. The van der Waals surface area contributed by atoms with Crippen LogP contribution in [0.4, 0.5) is 5.82 Å². The Morgan fingerprint density at radius 2 is 1.78 bits per heavy atom. The normalized spacial score (nSPS) is 22.1. The first-order chi connectivity index (χ1) is 13.1. The number of aromatic amines is 1. The zero-order chi connectivity index (χ0) is 18.5. The summed E-state index contributed by atoms with van der Waals surface area (Å²) in [5.41, 5.74) is 3.68. The van der Waals surface area contributed by atoms with Crippen LogP contribution in [-0.2, 0) is 16.1 Å². The lowest BCUT2D eigenvalue weighted by molar-refractivity contribution is -0.140. The number of aromatic nitrogens is 3. The van der Waals surface area contributed by atoms with Gasteiger partial charge in [-0.25, -0.2) is 9.97 Å². The number of hydrogen-bond donors (Lipinski definition) is 1. The van der Waals surface area contributed by atoms with Gasteiger partial charge in [0.15, 0.2) is 5.82 Å². The molecule has 4 heterocycles. The van der Waals surface area contributed by atoms with E-state index in [4.69, 9.17) is 0 Å². The summed E-state index contributed by atoms with van der Waals surface area (Å²) >= 11 is 0. The molecule has 5 rings (SSSR count). The summed E-state index contributed by atoms with van der Waals surface area (Å²) < 4.78 is 0. The molecule has 2 amide bonds. The molecule has 2 unspecified atom stereocenters. The van der Waals surface area contributed by atoms with E-state index in [1.165, 1.54) is 11.2 Å². The van der Waals surface area contributed by atoms with Crippen molar-refractivity contribution >= 4 is 28.7 Å². The quantitative estimate of drug-likeness (QED) is 0.721. The van der Waals surface area contributed by atoms with Crippen LogP contribution >= 0.6 is 0 Å². The van der Waals surface area contributed by atoms with Crippen LogP contribution in [0.25, 0.3) is 11.0 Å². The van der Waals surface area contributed by atoms with Crippen molar-refractivity contribution in [2.24, 2.45) is 11.8 Å². The number of carbonyl (C=O) groups excluding carboxylic acids is 2. The maximum atomic E-state index is 12.9. The molecule has 7 heteroatoms. The maximum absolute atomic E-state index is 12.9. The number of rotatable bonds is 3. The highest BCUT2D eigenvalue weighted by Crippen LogP contribution is 2.37. The van der Waals surface area contributed by atoms with Gasteiger partial charge in [0.2, 0.25) is 11.8 Å². The molecule has 2 aliphatic heterocycles. The van der Waals surface area contributed by atoms with Gasteiger partial charge in [-0.3, -0.25) is 14.5 Å². The van der Waals surface area contributed by atoms with Crippen molar-refractivity contribution < 1.29 is 9.59 Å². The van der Waals surface area contributed by atoms with Crippen LogP contribution in [0.3, 0.4) is 0 Å². The summed E-state index contributed by atoms with van der Waals surface area (Å²) in [6.45, 7) is 3.33. The van der Waals surface area contributed by atoms with Crippen LogP contribution in [0.15, 0.2) is 42.7 Å². The summed E-state index contributed by atoms with van der Waals surface area (Å²) in [7, 11) is 0. The van der Waals surface area contributed by atoms with Crippen molar-refractivity contribution in [2.75, 3.05) is 18.0 Å². The van der Waals surface area contributed by atoms with E-state index in [2.05, 4.69) is 15.0 Å². The molecule has 1 N–H and O–H groups in total. The van der Waals surface area contributed by atoms with E-state index in [0.717, 1.165) is 28.1 Å². The Hall–Kier alpha value is -3.22. The van der Waals surface area contributed by atoms with Gasteiger partial charge in [-0.2, -0.15) is 0 Å². The standard InChI is InChI=1S/C20H19N5O2/c1-12-7-16-17(23-12)18(22-11-21-16)24-9-14-15(10-24)20(27)25(19(14)26)8-13-5-3-2-4-6-13/h2-7,11,14-15,23H,8-10H2,1H3. The minimum atomic E-state index is -0.303. The van der Waals surface area contributed by atoms with Gasteiger partial charge >= 0.3 is 0 Å². The average molecular weight is 361 g/mol. The van der Waals surface area contributed by atoms with Gasteiger partial charge in [-0.1, -0.05) is 30.3 Å². The van der Waals surface area contributed by atoms with Crippen molar-refractivity contribution in [2.45, 2.75) is 13.5 Å². The van der Waals surface area contributed by atoms with E-state index < -0.39 is 0 Å². The van der Waals surface area contributed by atoms with Gasteiger partial charge in [0.05, 0.1) is 23.9 Å². The molecule has 2 fully saturated rings. The summed E-state index contributed by atoms with van der Waals surface area (Å²) in [4.78, 5) is 41.2. The molecule has 2 aliphatic rings. The Kier molecular flexibility index (Phi) is 3.50. The first-order valence-electron chi connectivity index (χ1n) is 9.06. The van der Waals surface area contributed by atoms with Crippen molar-refractivity contribution in [3.63, 3.8) is 0 Å². The summed E-state index contributed by atoms with van der Waals surface area (Å²) in [6.07, 6.45) is 1.53. The molecule has 136 valence electrons. The predicted octanol–water partition coefficient (Wildman–Crippen LogP) is 1.89. The van der Waals surface area contributed by atoms with Crippen LogP contribution in [-0.4, -0.2) is 44.8 Å². The van der Waals surface area contributed by atoms with Gasteiger partial charge in [-0.15, -0.1) is 0 Å². The minimum Gasteiger partial charge on any atom is -0.354 e. The number of anilines is 1. The van der Waals surface area contributed by atoms with E-state index in [9.17, 15) is 9.59 Å². The fraction of sp³-hybridized carbons (Fsp3) is 0.300. The fourth-order valence-electron chi connectivity index (χ4n) is 4.20. The smallest absolute Gasteiger partial charge is 0.235 e. The van der Waals surface area contributed by atoms with Crippen molar-refractivity contribution in [3.8, 4) is 0 Å².